The van der Waals surface area contributed by atoms with Crippen LogP contribution in [0.4, 0.5) is 5.69 Å². The minimum absolute atomic E-state index is 0.816. The number of rotatable bonds is 6. The predicted octanol–water partition coefficient (Wildman–Crippen LogP) is 3.90. The Kier molecular flexibility index (Phi) is 4.59. The van der Waals surface area contributed by atoms with Gasteiger partial charge >= 0.3 is 0 Å². The number of para-hydroxylation sites is 1. The highest BCUT2D eigenvalue weighted by Crippen LogP contribution is 2.25. The molecule has 0 atom stereocenters. The highest BCUT2D eigenvalue weighted by molar-refractivity contribution is 5.74. The molecule has 84 valence electrons. The summed E-state index contributed by atoms with van der Waals surface area (Å²) in [6.45, 7) is 15.2. The van der Waals surface area contributed by atoms with Crippen LogP contribution in [0, 0.1) is 0 Å². The molecular weight excluding hydrogens is 194 g/mol. The van der Waals surface area contributed by atoms with Crippen molar-refractivity contribution in [1.29, 1.82) is 0 Å². The van der Waals surface area contributed by atoms with Crippen LogP contribution in [-0.2, 0) is 0 Å². The van der Waals surface area contributed by atoms with Gasteiger partial charge in [0.1, 0.15) is 0 Å². The van der Waals surface area contributed by atoms with Gasteiger partial charge in [-0.1, -0.05) is 36.9 Å². The van der Waals surface area contributed by atoms with E-state index in [1.165, 1.54) is 11.3 Å². The molecule has 0 unspecified atom stereocenters. The Bertz CT molecular complexity index is 380. The molecule has 1 aromatic carbocycles. The van der Waals surface area contributed by atoms with Gasteiger partial charge in [-0.05, 0) is 18.6 Å². The van der Waals surface area contributed by atoms with Crippen molar-refractivity contribution in [2.24, 2.45) is 0 Å². The van der Waals surface area contributed by atoms with Crippen LogP contribution in [0.1, 0.15) is 12.5 Å². The molecule has 0 N–H and O–H groups in total. The van der Waals surface area contributed by atoms with Crippen molar-refractivity contribution in [2.45, 2.75) is 6.92 Å². The summed E-state index contributed by atoms with van der Waals surface area (Å²) in [6, 6.07) is 8.28. The van der Waals surface area contributed by atoms with Crippen LogP contribution in [0.15, 0.2) is 56.2 Å². The Labute approximate surface area is 98.4 Å². The van der Waals surface area contributed by atoms with E-state index >= 15 is 0 Å². The summed E-state index contributed by atoms with van der Waals surface area (Å²) in [4.78, 5) is 2.23. The Morgan fingerprint density at radius 2 is 1.75 bits per heavy atom. The van der Waals surface area contributed by atoms with Gasteiger partial charge in [-0.3, -0.25) is 0 Å². The van der Waals surface area contributed by atoms with E-state index in [1.807, 2.05) is 31.2 Å². The van der Waals surface area contributed by atoms with Crippen LogP contribution in [0.5, 0.6) is 0 Å². The van der Waals surface area contributed by atoms with Gasteiger partial charge in [-0.25, -0.2) is 0 Å². The van der Waals surface area contributed by atoms with Crippen LogP contribution < -0.4 is 4.90 Å². The van der Waals surface area contributed by atoms with Gasteiger partial charge in [0.25, 0.3) is 0 Å². The molecule has 0 aliphatic rings. The number of hydrogen-bond donors (Lipinski definition) is 0. The van der Waals surface area contributed by atoms with Gasteiger partial charge in [-0.2, -0.15) is 0 Å². The second kappa shape index (κ2) is 5.96. The number of allylic oxidation sites excluding steroid dienone is 1. The summed E-state index contributed by atoms with van der Waals surface area (Å²) in [5.41, 5.74) is 3.45. The zero-order valence-corrected chi connectivity index (χ0v) is 9.95. The first kappa shape index (κ1) is 12.3. The standard InChI is InChI=1S/C15H19N/c1-5-11-16(12-6-2)15-10-8-7-9-14(15)13(3)4/h5-10H,1-3,11-12H2,4H3. The van der Waals surface area contributed by atoms with Crippen LogP contribution in [-0.4, -0.2) is 13.1 Å². The van der Waals surface area contributed by atoms with E-state index in [1.54, 1.807) is 0 Å². The molecule has 0 heterocycles. The second-order valence-electron chi connectivity index (χ2n) is 3.78. The Morgan fingerprint density at radius 1 is 1.19 bits per heavy atom. The molecule has 0 radical (unpaired) electrons. The number of nitrogens with zero attached hydrogens (tertiary/aromatic N) is 1. The molecule has 0 spiro atoms. The number of hydrogen-bond acceptors (Lipinski definition) is 1. The summed E-state index contributed by atoms with van der Waals surface area (Å²) in [6.07, 6.45) is 3.80. The monoisotopic (exact) mass is 213 g/mol. The van der Waals surface area contributed by atoms with Crippen LogP contribution >= 0.6 is 0 Å². The quantitative estimate of drug-likeness (QED) is 0.648. The van der Waals surface area contributed by atoms with Gasteiger partial charge in [0.15, 0.2) is 0 Å². The zero-order chi connectivity index (χ0) is 12.0. The van der Waals surface area contributed by atoms with Crippen LogP contribution in [0.25, 0.3) is 5.57 Å². The molecule has 0 saturated carbocycles. The van der Waals surface area contributed by atoms with Gasteiger partial charge in [0.05, 0.1) is 0 Å². The fourth-order valence-corrected chi connectivity index (χ4v) is 1.69. The van der Waals surface area contributed by atoms with Crippen LogP contribution in [0.3, 0.4) is 0 Å². The van der Waals surface area contributed by atoms with E-state index in [9.17, 15) is 0 Å². The summed E-state index contributed by atoms with van der Waals surface area (Å²) >= 11 is 0. The molecule has 0 aromatic heterocycles. The lowest BCUT2D eigenvalue weighted by atomic mass is 10.1. The molecule has 0 bridgehead atoms. The van der Waals surface area contributed by atoms with Crippen LogP contribution in [0.2, 0.25) is 0 Å². The lowest BCUT2D eigenvalue weighted by Crippen LogP contribution is -2.24. The molecule has 1 rings (SSSR count). The molecule has 0 amide bonds. The van der Waals surface area contributed by atoms with Gasteiger partial charge < -0.3 is 4.90 Å². The van der Waals surface area contributed by atoms with Gasteiger partial charge in [0.2, 0.25) is 0 Å². The van der Waals surface area contributed by atoms with E-state index in [2.05, 4.69) is 36.8 Å². The minimum atomic E-state index is 0.816. The number of anilines is 1. The normalized spacial score (nSPS) is 9.56. The third kappa shape index (κ3) is 2.86. The third-order valence-corrected chi connectivity index (χ3v) is 2.40. The molecule has 0 aliphatic carbocycles. The Balaban J connectivity index is 3.11. The van der Waals surface area contributed by atoms with Crippen molar-refractivity contribution in [2.75, 3.05) is 18.0 Å². The maximum Gasteiger partial charge on any atom is 0.0447 e. The molecule has 1 nitrogen and oxygen atoms in total. The first-order valence-corrected chi connectivity index (χ1v) is 5.42. The summed E-state index contributed by atoms with van der Waals surface area (Å²) < 4.78 is 0. The highest BCUT2D eigenvalue weighted by Gasteiger charge is 2.08. The van der Waals surface area contributed by atoms with Gasteiger partial charge in [0, 0.05) is 24.3 Å². The van der Waals surface area contributed by atoms with Crippen molar-refractivity contribution >= 4 is 11.3 Å². The van der Waals surface area contributed by atoms with E-state index in [4.69, 9.17) is 0 Å². The molecule has 1 aromatic rings. The smallest absolute Gasteiger partial charge is 0.0447 e. The minimum Gasteiger partial charge on any atom is -0.364 e. The summed E-state index contributed by atoms with van der Waals surface area (Å²) in [5, 5.41) is 0. The second-order valence-corrected chi connectivity index (χ2v) is 3.78. The Morgan fingerprint density at radius 3 is 2.25 bits per heavy atom. The SMILES string of the molecule is C=CCN(CC=C)c1ccccc1C(=C)C. The number of benzene rings is 1. The largest absolute Gasteiger partial charge is 0.364 e. The maximum absolute atomic E-state index is 4.01. The molecule has 1 heteroatoms. The predicted molar refractivity (Wildman–Crippen MR) is 73.8 cm³/mol. The molecule has 0 fully saturated rings. The zero-order valence-electron chi connectivity index (χ0n) is 9.95. The maximum atomic E-state index is 4.01. The first-order valence-electron chi connectivity index (χ1n) is 5.42. The van der Waals surface area contributed by atoms with E-state index in [0.717, 1.165) is 18.7 Å². The van der Waals surface area contributed by atoms with E-state index in [0.29, 0.717) is 0 Å². The average molecular weight is 213 g/mol. The topological polar surface area (TPSA) is 3.24 Å². The fourth-order valence-electron chi connectivity index (χ4n) is 1.69. The third-order valence-electron chi connectivity index (χ3n) is 2.40. The van der Waals surface area contributed by atoms with E-state index in [-0.39, 0.29) is 0 Å². The van der Waals surface area contributed by atoms with Crippen molar-refractivity contribution in [3.05, 3.63) is 61.7 Å². The van der Waals surface area contributed by atoms with E-state index < -0.39 is 0 Å². The first-order chi connectivity index (χ1) is 7.70. The van der Waals surface area contributed by atoms with Crippen molar-refractivity contribution in [1.82, 2.24) is 0 Å². The highest BCUT2D eigenvalue weighted by atomic mass is 15.1. The molecule has 0 aliphatic heterocycles. The molecular formula is C15H19N. The van der Waals surface area contributed by atoms with Gasteiger partial charge in [-0.15, -0.1) is 13.2 Å². The molecule has 16 heavy (non-hydrogen) atoms. The average Bonchev–Trinajstić information content (AvgIpc) is 2.29. The summed E-state index contributed by atoms with van der Waals surface area (Å²) in [7, 11) is 0. The lowest BCUT2D eigenvalue weighted by Gasteiger charge is -2.24. The van der Waals surface area contributed by atoms with Crippen molar-refractivity contribution < 1.29 is 0 Å². The lowest BCUT2D eigenvalue weighted by molar-refractivity contribution is 0.954. The fraction of sp³-hybridized carbons (Fsp3) is 0.200. The Hall–Kier alpha value is -1.76. The van der Waals surface area contributed by atoms with Crippen molar-refractivity contribution in [3.63, 3.8) is 0 Å². The summed E-state index contributed by atoms with van der Waals surface area (Å²) in [5.74, 6) is 0. The molecule has 0 saturated heterocycles. The van der Waals surface area contributed by atoms with Crippen molar-refractivity contribution in [3.8, 4) is 0 Å².